The largest absolute Gasteiger partial charge is 0.464 e. The highest BCUT2D eigenvalue weighted by atomic mass is 16.5. The van der Waals surface area contributed by atoms with E-state index < -0.39 is 0 Å². The zero-order valence-corrected chi connectivity index (χ0v) is 12.0. The summed E-state index contributed by atoms with van der Waals surface area (Å²) < 4.78 is 11.0. The maximum absolute atomic E-state index is 12.3. The number of nitrogens with zero attached hydrogens (tertiary/aromatic N) is 1. The van der Waals surface area contributed by atoms with E-state index in [1.54, 1.807) is 7.11 Å². The summed E-state index contributed by atoms with van der Waals surface area (Å²) in [6, 6.07) is 4.13. The summed E-state index contributed by atoms with van der Waals surface area (Å²) in [7, 11) is 1.64. The zero-order valence-electron chi connectivity index (χ0n) is 12.0. The average Bonchev–Trinajstić information content (AvgIpc) is 3.06. The van der Waals surface area contributed by atoms with E-state index in [0.29, 0.717) is 6.42 Å². The molecule has 4 nitrogen and oxygen atoms in total. The first-order valence-electron chi connectivity index (χ1n) is 7.06. The molecule has 2 atom stereocenters. The number of carbonyl (C=O) groups excluding carboxylic acids is 1. The fourth-order valence-corrected chi connectivity index (χ4v) is 2.57. The van der Waals surface area contributed by atoms with Crippen LogP contribution in [0.3, 0.4) is 0 Å². The minimum Gasteiger partial charge on any atom is -0.464 e. The second-order valence-corrected chi connectivity index (χ2v) is 5.15. The lowest BCUT2D eigenvalue weighted by molar-refractivity contribution is -0.134. The summed E-state index contributed by atoms with van der Waals surface area (Å²) in [5.74, 6) is 2.07. The third kappa shape index (κ3) is 3.18. The molecule has 0 aliphatic carbocycles. The van der Waals surface area contributed by atoms with Crippen LogP contribution in [-0.4, -0.2) is 30.6 Å². The Morgan fingerprint density at radius 3 is 3.00 bits per heavy atom. The molecule has 2 heterocycles. The van der Waals surface area contributed by atoms with Crippen LogP contribution in [-0.2, 0) is 16.0 Å². The highest BCUT2D eigenvalue weighted by Gasteiger charge is 2.32. The Labute approximate surface area is 114 Å². The molecule has 1 aliphatic heterocycles. The first-order chi connectivity index (χ1) is 9.15. The van der Waals surface area contributed by atoms with Gasteiger partial charge in [-0.25, -0.2) is 0 Å². The van der Waals surface area contributed by atoms with Gasteiger partial charge in [0.1, 0.15) is 11.5 Å². The maximum Gasteiger partial charge on any atom is 0.225 e. The van der Waals surface area contributed by atoms with Crippen LogP contribution < -0.4 is 0 Å². The minimum atomic E-state index is -0.0310. The van der Waals surface area contributed by atoms with E-state index in [0.717, 1.165) is 37.3 Å². The predicted molar refractivity (Wildman–Crippen MR) is 72.9 cm³/mol. The fraction of sp³-hybridized carbons (Fsp3) is 0.667. The van der Waals surface area contributed by atoms with Gasteiger partial charge in [0.05, 0.1) is 18.6 Å². The van der Waals surface area contributed by atoms with Crippen LogP contribution >= 0.6 is 0 Å². The Morgan fingerprint density at radius 2 is 2.37 bits per heavy atom. The van der Waals surface area contributed by atoms with Crippen molar-refractivity contribution in [2.75, 3.05) is 13.7 Å². The summed E-state index contributed by atoms with van der Waals surface area (Å²) >= 11 is 0. The highest BCUT2D eigenvalue weighted by Crippen LogP contribution is 2.33. The van der Waals surface area contributed by atoms with Crippen molar-refractivity contribution in [2.24, 2.45) is 0 Å². The summed E-state index contributed by atoms with van der Waals surface area (Å²) in [4.78, 5) is 14.2. The molecule has 2 rings (SSSR count). The molecule has 4 heteroatoms. The van der Waals surface area contributed by atoms with E-state index in [9.17, 15) is 4.79 Å². The maximum atomic E-state index is 12.3. The number of furan rings is 1. The van der Waals surface area contributed by atoms with Crippen molar-refractivity contribution in [1.29, 1.82) is 0 Å². The molecule has 1 fully saturated rings. The van der Waals surface area contributed by atoms with Crippen LogP contribution in [0.4, 0.5) is 0 Å². The zero-order chi connectivity index (χ0) is 13.8. The Morgan fingerprint density at radius 1 is 1.58 bits per heavy atom. The van der Waals surface area contributed by atoms with Crippen molar-refractivity contribution >= 4 is 5.91 Å². The number of ether oxygens (including phenoxy) is 1. The molecular formula is C15H23NO3. The van der Waals surface area contributed by atoms with E-state index in [4.69, 9.17) is 9.15 Å². The van der Waals surface area contributed by atoms with E-state index in [2.05, 4.69) is 6.92 Å². The first-order valence-corrected chi connectivity index (χ1v) is 7.06. The smallest absolute Gasteiger partial charge is 0.225 e. The normalized spacial score (nSPS) is 20.8. The molecule has 0 saturated carbocycles. The molecule has 1 aromatic rings. The molecule has 0 bridgehead atoms. The molecule has 0 N–H and O–H groups in total. The predicted octanol–water partition coefficient (Wildman–Crippen LogP) is 2.93. The van der Waals surface area contributed by atoms with Crippen molar-refractivity contribution in [3.05, 3.63) is 23.7 Å². The quantitative estimate of drug-likeness (QED) is 0.822. The van der Waals surface area contributed by atoms with Crippen LogP contribution in [0.25, 0.3) is 0 Å². The lowest BCUT2D eigenvalue weighted by atomic mass is 10.1. The molecule has 19 heavy (non-hydrogen) atoms. The summed E-state index contributed by atoms with van der Waals surface area (Å²) in [6.45, 7) is 4.81. The van der Waals surface area contributed by atoms with Crippen molar-refractivity contribution in [3.63, 3.8) is 0 Å². The molecule has 1 amide bonds. The van der Waals surface area contributed by atoms with Crippen LogP contribution in [0.2, 0.25) is 0 Å². The second kappa shape index (κ2) is 6.24. The SMILES string of the molecule is CCc1ccc(C2CCCN2C(=O)CC(C)OC)o1. The van der Waals surface area contributed by atoms with Crippen LogP contribution in [0, 0.1) is 0 Å². The molecule has 0 aromatic carbocycles. The standard InChI is InChI=1S/C15H23NO3/c1-4-12-7-8-14(19-12)13-6-5-9-16(13)15(17)10-11(2)18-3/h7-8,11,13H,4-6,9-10H2,1-3H3. The number of likely N-dealkylation sites (tertiary alicyclic amines) is 1. The van der Waals surface area contributed by atoms with Crippen LogP contribution in [0.15, 0.2) is 16.5 Å². The van der Waals surface area contributed by atoms with Gasteiger partial charge in [-0.15, -0.1) is 0 Å². The van der Waals surface area contributed by atoms with E-state index in [-0.39, 0.29) is 18.1 Å². The molecule has 1 aliphatic rings. The Bertz CT molecular complexity index is 427. The van der Waals surface area contributed by atoms with Gasteiger partial charge in [-0.2, -0.15) is 0 Å². The third-order valence-corrected chi connectivity index (χ3v) is 3.80. The summed E-state index contributed by atoms with van der Waals surface area (Å²) in [6.07, 6.45) is 3.33. The van der Waals surface area contributed by atoms with E-state index in [1.807, 2.05) is 24.0 Å². The summed E-state index contributed by atoms with van der Waals surface area (Å²) in [5.41, 5.74) is 0. The first kappa shape index (κ1) is 14.1. The van der Waals surface area contributed by atoms with Gasteiger partial charge in [-0.3, -0.25) is 4.79 Å². The average molecular weight is 265 g/mol. The van der Waals surface area contributed by atoms with Gasteiger partial charge in [0.2, 0.25) is 5.91 Å². The van der Waals surface area contributed by atoms with Crippen LogP contribution in [0.1, 0.15) is 50.7 Å². The molecule has 1 aromatic heterocycles. The molecular weight excluding hydrogens is 242 g/mol. The monoisotopic (exact) mass is 265 g/mol. The van der Waals surface area contributed by atoms with Gasteiger partial charge in [0, 0.05) is 20.1 Å². The number of carbonyl (C=O) groups is 1. The van der Waals surface area contributed by atoms with Gasteiger partial charge in [-0.05, 0) is 31.9 Å². The topological polar surface area (TPSA) is 42.7 Å². The number of amides is 1. The van der Waals surface area contributed by atoms with Crippen molar-refractivity contribution in [3.8, 4) is 0 Å². The minimum absolute atomic E-state index is 0.0310. The van der Waals surface area contributed by atoms with Crippen molar-refractivity contribution in [1.82, 2.24) is 4.90 Å². The fourth-order valence-electron chi connectivity index (χ4n) is 2.57. The van der Waals surface area contributed by atoms with E-state index >= 15 is 0 Å². The lowest BCUT2D eigenvalue weighted by Crippen LogP contribution is -2.32. The number of hydrogen-bond donors (Lipinski definition) is 0. The second-order valence-electron chi connectivity index (χ2n) is 5.15. The van der Waals surface area contributed by atoms with Gasteiger partial charge in [0.15, 0.2) is 0 Å². The molecule has 1 saturated heterocycles. The van der Waals surface area contributed by atoms with E-state index in [1.165, 1.54) is 0 Å². The lowest BCUT2D eigenvalue weighted by Gasteiger charge is -2.24. The van der Waals surface area contributed by atoms with Crippen LogP contribution in [0.5, 0.6) is 0 Å². The van der Waals surface area contributed by atoms with Gasteiger partial charge < -0.3 is 14.1 Å². The van der Waals surface area contributed by atoms with Crippen molar-refractivity contribution in [2.45, 2.75) is 51.7 Å². The van der Waals surface area contributed by atoms with Gasteiger partial charge in [-0.1, -0.05) is 6.92 Å². The molecule has 2 unspecified atom stereocenters. The summed E-state index contributed by atoms with van der Waals surface area (Å²) in [5, 5.41) is 0. The third-order valence-electron chi connectivity index (χ3n) is 3.80. The molecule has 0 radical (unpaired) electrons. The Hall–Kier alpha value is -1.29. The number of methoxy groups -OCH3 is 1. The Kier molecular flexibility index (Phi) is 4.64. The van der Waals surface area contributed by atoms with Gasteiger partial charge >= 0.3 is 0 Å². The highest BCUT2D eigenvalue weighted by molar-refractivity contribution is 5.77. The number of aryl methyl sites for hydroxylation is 1. The number of rotatable bonds is 5. The molecule has 106 valence electrons. The number of hydrogen-bond acceptors (Lipinski definition) is 3. The van der Waals surface area contributed by atoms with Gasteiger partial charge in [0.25, 0.3) is 0 Å². The molecule has 0 spiro atoms. The Balaban J connectivity index is 2.06. The van der Waals surface area contributed by atoms with Crippen molar-refractivity contribution < 1.29 is 13.9 Å².